The quantitative estimate of drug-likeness (QED) is 0.181. The van der Waals surface area contributed by atoms with Gasteiger partial charge in [0, 0.05) is 16.2 Å². The molecule has 224 valence electrons. The number of rotatable bonds is 4. The molecule has 1 heteroatoms. The Labute approximate surface area is 279 Å². The molecule has 0 unspecified atom stereocenters. The summed E-state index contributed by atoms with van der Waals surface area (Å²) in [5.41, 5.74) is 7.90. The van der Waals surface area contributed by atoms with Crippen LogP contribution in [0.4, 0.5) is 0 Å². The van der Waals surface area contributed by atoms with Crippen LogP contribution < -0.4 is 10.4 Å². The van der Waals surface area contributed by atoms with Crippen LogP contribution in [0.1, 0.15) is 0 Å². The zero-order chi connectivity index (χ0) is 32.2. The van der Waals surface area contributed by atoms with E-state index >= 15 is 0 Å². The largest absolute Gasteiger partial charge is 0.247 e. The van der Waals surface area contributed by atoms with Gasteiger partial charge < -0.3 is 0 Å². The number of fused-ring (bicyclic) bond motifs is 5. The number of aromatic nitrogens is 1. The van der Waals surface area contributed by atoms with Crippen molar-refractivity contribution < 1.29 is 0 Å². The number of nitrogens with zero attached hydrogens (tertiary/aromatic N) is 1. The summed E-state index contributed by atoms with van der Waals surface area (Å²) in [6.07, 6.45) is 3.81. The maximum atomic E-state index is 5.25. The molecule has 0 saturated carbocycles. The second-order valence-electron chi connectivity index (χ2n) is 12.4. The van der Waals surface area contributed by atoms with Gasteiger partial charge in [-0.2, -0.15) is 0 Å². The predicted octanol–water partition coefficient (Wildman–Crippen LogP) is 11.2. The minimum atomic E-state index is 0.928. The Bertz CT molecular complexity index is 2870. The first kappa shape index (κ1) is 28.0. The van der Waals surface area contributed by atoms with Crippen molar-refractivity contribution in [2.75, 3.05) is 0 Å². The second kappa shape index (κ2) is 11.2. The fraction of sp³-hybridized carbons (Fsp3) is 0. The first-order chi connectivity index (χ1) is 23.7. The topological polar surface area (TPSA) is 12.9 Å². The molecule has 0 aliphatic heterocycles. The molecule has 0 spiro atoms. The first-order valence-corrected chi connectivity index (χ1v) is 16.4. The average Bonchev–Trinajstić information content (AvgIpc) is 3.14. The summed E-state index contributed by atoms with van der Waals surface area (Å²) in [5, 5.41) is 12.9. The summed E-state index contributed by atoms with van der Waals surface area (Å²) >= 11 is 0. The van der Waals surface area contributed by atoms with Crippen molar-refractivity contribution in [3.05, 3.63) is 175 Å². The summed E-state index contributed by atoms with van der Waals surface area (Å²) < 4.78 is 0. The molecule has 0 N–H and O–H groups in total. The van der Waals surface area contributed by atoms with Gasteiger partial charge in [0.05, 0.1) is 11.2 Å². The van der Waals surface area contributed by atoms with E-state index in [2.05, 4.69) is 159 Å². The van der Waals surface area contributed by atoms with Crippen LogP contribution in [0, 0.1) is 0 Å². The Morgan fingerprint density at radius 1 is 0.458 bits per heavy atom. The summed E-state index contributed by atoms with van der Waals surface area (Å²) in [6, 6.07) is 54.9. The molecule has 48 heavy (non-hydrogen) atoms. The van der Waals surface area contributed by atoms with Crippen LogP contribution >= 0.6 is 0 Å². The van der Waals surface area contributed by atoms with Crippen molar-refractivity contribution >= 4 is 66.6 Å². The van der Waals surface area contributed by atoms with Gasteiger partial charge in [0.1, 0.15) is 0 Å². The predicted molar refractivity (Wildman–Crippen MR) is 208 cm³/mol. The molecule has 0 saturated heterocycles. The standard InChI is InChI=1S/C47H31N/c1-3-12-35-30(2)23-24-33-26-28-44(48-47(33)35)34-25-27-42-43(29-34)46(39-22-11-16-32-14-5-7-18-37(32)39)41-20-9-8-19-40(41)45(42)38-21-10-15-31-13-4-6-17-36(31)38/h3-29H,1-2H2/b35-12+. The number of hydrogen-bond donors (Lipinski definition) is 0. The smallest absolute Gasteiger partial charge is 0.0787 e. The van der Waals surface area contributed by atoms with Crippen LogP contribution in [0.2, 0.25) is 0 Å². The minimum absolute atomic E-state index is 0.928. The van der Waals surface area contributed by atoms with Crippen LogP contribution in [0.25, 0.3) is 100 Å². The van der Waals surface area contributed by atoms with E-state index in [1.807, 2.05) is 18.2 Å². The maximum absolute atomic E-state index is 5.25. The average molecular weight is 610 g/mol. The number of allylic oxidation sites excluding steroid dienone is 1. The van der Waals surface area contributed by atoms with E-state index in [4.69, 9.17) is 4.98 Å². The molecule has 0 aliphatic carbocycles. The fourth-order valence-corrected chi connectivity index (χ4v) is 7.52. The SMILES string of the molecule is C=C/C=c1\c(=C)ccc2ccc(-c3ccc4c(-c5cccc6ccccc56)c5ccccc5c(-c5cccc6ccccc56)c4c3)nc12. The van der Waals surface area contributed by atoms with E-state index in [1.165, 1.54) is 65.3 Å². The highest BCUT2D eigenvalue weighted by atomic mass is 14.7. The Hall–Kier alpha value is -6.31. The van der Waals surface area contributed by atoms with E-state index in [0.717, 1.165) is 32.6 Å². The summed E-state index contributed by atoms with van der Waals surface area (Å²) in [7, 11) is 0. The zero-order valence-corrected chi connectivity index (χ0v) is 26.4. The number of benzene rings is 8. The molecule has 0 radical (unpaired) electrons. The van der Waals surface area contributed by atoms with Crippen molar-refractivity contribution in [2.24, 2.45) is 0 Å². The van der Waals surface area contributed by atoms with Gasteiger partial charge in [0.2, 0.25) is 0 Å². The Morgan fingerprint density at radius 3 is 1.65 bits per heavy atom. The normalized spacial score (nSPS) is 12.0. The molecule has 1 nitrogen and oxygen atoms in total. The molecule has 0 bridgehead atoms. The third kappa shape index (κ3) is 4.36. The molecule has 0 aliphatic rings. The lowest BCUT2D eigenvalue weighted by Crippen LogP contribution is -2.24. The van der Waals surface area contributed by atoms with Gasteiger partial charge in [-0.25, -0.2) is 4.98 Å². The number of pyridine rings is 1. The Morgan fingerprint density at radius 2 is 1.00 bits per heavy atom. The molecule has 9 rings (SSSR count). The minimum Gasteiger partial charge on any atom is -0.247 e. The monoisotopic (exact) mass is 609 g/mol. The lowest BCUT2D eigenvalue weighted by atomic mass is 9.83. The van der Waals surface area contributed by atoms with E-state index < -0.39 is 0 Å². The summed E-state index contributed by atoms with van der Waals surface area (Å²) in [6.45, 7) is 8.22. The molecule has 9 aromatic rings. The van der Waals surface area contributed by atoms with Crippen LogP contribution in [0.3, 0.4) is 0 Å². The third-order valence-electron chi connectivity index (χ3n) is 9.71. The van der Waals surface area contributed by atoms with Gasteiger partial charge >= 0.3 is 0 Å². The molecule has 1 heterocycles. The molecular weight excluding hydrogens is 579 g/mol. The van der Waals surface area contributed by atoms with Gasteiger partial charge in [-0.05, 0) is 82.7 Å². The third-order valence-corrected chi connectivity index (χ3v) is 9.71. The van der Waals surface area contributed by atoms with Crippen molar-refractivity contribution in [1.82, 2.24) is 4.98 Å². The van der Waals surface area contributed by atoms with Crippen molar-refractivity contribution in [3.63, 3.8) is 0 Å². The summed E-state index contributed by atoms with van der Waals surface area (Å²) in [4.78, 5) is 5.25. The van der Waals surface area contributed by atoms with Crippen LogP contribution in [0.5, 0.6) is 0 Å². The second-order valence-corrected chi connectivity index (χ2v) is 12.4. The highest BCUT2D eigenvalue weighted by Gasteiger charge is 2.20. The van der Waals surface area contributed by atoms with E-state index in [0.29, 0.717) is 0 Å². The highest BCUT2D eigenvalue weighted by Crippen LogP contribution is 2.47. The lowest BCUT2D eigenvalue weighted by molar-refractivity contribution is 1.38. The Kier molecular flexibility index (Phi) is 6.52. The molecule has 0 fully saturated rings. The zero-order valence-electron chi connectivity index (χ0n) is 26.4. The van der Waals surface area contributed by atoms with E-state index in [1.54, 1.807) is 0 Å². The van der Waals surface area contributed by atoms with Crippen LogP contribution in [-0.4, -0.2) is 4.98 Å². The van der Waals surface area contributed by atoms with E-state index in [-0.39, 0.29) is 0 Å². The van der Waals surface area contributed by atoms with Crippen molar-refractivity contribution in [2.45, 2.75) is 0 Å². The van der Waals surface area contributed by atoms with Crippen LogP contribution in [-0.2, 0) is 0 Å². The van der Waals surface area contributed by atoms with Gasteiger partial charge in [0.15, 0.2) is 0 Å². The molecular formula is C47H31N. The molecule has 8 aromatic carbocycles. The van der Waals surface area contributed by atoms with Gasteiger partial charge in [0.25, 0.3) is 0 Å². The van der Waals surface area contributed by atoms with Gasteiger partial charge in [-0.3, -0.25) is 0 Å². The summed E-state index contributed by atoms with van der Waals surface area (Å²) in [5.74, 6) is 0. The molecule has 1 aromatic heterocycles. The Balaban J connectivity index is 1.44. The van der Waals surface area contributed by atoms with Gasteiger partial charge in [-0.15, -0.1) is 0 Å². The fourth-order valence-electron chi connectivity index (χ4n) is 7.52. The number of hydrogen-bond acceptors (Lipinski definition) is 1. The highest BCUT2D eigenvalue weighted by molar-refractivity contribution is 6.25. The van der Waals surface area contributed by atoms with Crippen molar-refractivity contribution in [3.8, 4) is 33.5 Å². The van der Waals surface area contributed by atoms with E-state index in [9.17, 15) is 0 Å². The van der Waals surface area contributed by atoms with Gasteiger partial charge in [-0.1, -0.05) is 165 Å². The molecule has 0 amide bonds. The lowest BCUT2D eigenvalue weighted by Gasteiger charge is -2.20. The molecule has 0 atom stereocenters. The van der Waals surface area contributed by atoms with Crippen LogP contribution in [0.15, 0.2) is 164 Å². The van der Waals surface area contributed by atoms with Crippen molar-refractivity contribution in [1.29, 1.82) is 0 Å². The maximum Gasteiger partial charge on any atom is 0.0787 e. The first-order valence-electron chi connectivity index (χ1n) is 16.4.